The number of hydrogen-bond donors (Lipinski definition) is 2. The fourth-order valence-corrected chi connectivity index (χ4v) is 5.08. The number of carbonyl (C=O) groups is 2. The van der Waals surface area contributed by atoms with Crippen molar-refractivity contribution in [1.29, 1.82) is 0 Å². The molecule has 3 amide bonds. The van der Waals surface area contributed by atoms with Gasteiger partial charge in [-0.2, -0.15) is 4.98 Å². The van der Waals surface area contributed by atoms with Gasteiger partial charge in [-0.15, -0.1) is 0 Å². The molecule has 0 radical (unpaired) electrons. The van der Waals surface area contributed by atoms with E-state index in [4.69, 9.17) is 5.73 Å². The van der Waals surface area contributed by atoms with E-state index < -0.39 is 6.67 Å². The monoisotopic (exact) mass is 532 g/mol. The second kappa shape index (κ2) is 10.9. The minimum Gasteiger partial charge on any atom is -0.369 e. The average molecular weight is 533 g/mol. The number of fused-ring (bicyclic) bond motifs is 1. The molecular weight excluding hydrogens is 499 g/mol. The van der Waals surface area contributed by atoms with Crippen LogP contribution in [0.15, 0.2) is 42.6 Å². The van der Waals surface area contributed by atoms with Crippen molar-refractivity contribution in [2.75, 3.05) is 65.5 Å². The molecule has 3 heterocycles. The highest BCUT2D eigenvalue weighted by atomic mass is 19.1. The van der Waals surface area contributed by atoms with Crippen LogP contribution in [0.4, 0.5) is 38.0 Å². The summed E-state index contributed by atoms with van der Waals surface area (Å²) in [7, 11) is 1.64. The molecule has 11 heteroatoms. The van der Waals surface area contributed by atoms with Gasteiger partial charge in [-0.1, -0.05) is 13.0 Å². The Hall–Kier alpha value is -4.25. The van der Waals surface area contributed by atoms with Crippen molar-refractivity contribution < 1.29 is 14.0 Å². The molecular formula is C28H33FN8O2. The van der Waals surface area contributed by atoms with Crippen molar-refractivity contribution in [3.8, 4) is 0 Å². The SMILES string of the molecule is CCN1CCN(c2cc(CF)cc(C(=O)Nc3ccc(C)c(N4Cc5cnc(N)nc5N(C)C4=O)c3)c2)CC1. The van der Waals surface area contributed by atoms with E-state index >= 15 is 0 Å². The Kier molecular flexibility index (Phi) is 7.34. The van der Waals surface area contributed by atoms with Gasteiger partial charge in [0.15, 0.2) is 0 Å². The van der Waals surface area contributed by atoms with Gasteiger partial charge in [-0.3, -0.25) is 14.6 Å². The number of likely N-dealkylation sites (N-methyl/N-ethyl adjacent to an activating group) is 1. The Morgan fingerprint density at radius 1 is 1.13 bits per heavy atom. The lowest BCUT2D eigenvalue weighted by molar-refractivity contribution is 0.102. The summed E-state index contributed by atoms with van der Waals surface area (Å²) in [5.74, 6) is 0.237. The number of urea groups is 1. The number of piperazine rings is 1. The number of aromatic nitrogens is 2. The molecule has 0 aliphatic carbocycles. The Morgan fingerprint density at radius 2 is 1.90 bits per heavy atom. The number of benzene rings is 2. The fraction of sp³-hybridized carbons (Fsp3) is 0.357. The Labute approximate surface area is 227 Å². The number of hydrogen-bond acceptors (Lipinski definition) is 7. The zero-order chi connectivity index (χ0) is 27.7. The maximum atomic E-state index is 13.7. The molecule has 0 unspecified atom stereocenters. The average Bonchev–Trinajstić information content (AvgIpc) is 2.96. The predicted octanol–water partition coefficient (Wildman–Crippen LogP) is 3.81. The molecule has 1 fully saturated rings. The van der Waals surface area contributed by atoms with Crippen LogP contribution >= 0.6 is 0 Å². The number of amides is 3. The van der Waals surface area contributed by atoms with Crippen LogP contribution in [0, 0.1) is 6.92 Å². The summed E-state index contributed by atoms with van der Waals surface area (Å²) in [5.41, 5.74) is 10.2. The number of anilines is 5. The summed E-state index contributed by atoms with van der Waals surface area (Å²) in [6.07, 6.45) is 1.62. The standard InChI is InChI=1S/C28H33FN8O2/c1-4-35-7-9-36(10-8-35)23-12-19(15-29)11-20(13-23)26(38)32-22-6-5-18(2)24(14-22)37-17-21-16-31-27(30)33-25(21)34(3)28(37)39/h5-6,11-14,16H,4,7-10,15,17H2,1-3H3,(H,32,38)(H2,30,31,33). The molecule has 3 N–H and O–H groups in total. The number of halogens is 1. The lowest BCUT2D eigenvalue weighted by Crippen LogP contribution is -2.46. The first-order chi connectivity index (χ1) is 18.8. The van der Waals surface area contributed by atoms with Gasteiger partial charge in [-0.05, 0) is 54.9 Å². The molecule has 204 valence electrons. The van der Waals surface area contributed by atoms with Gasteiger partial charge < -0.3 is 20.9 Å². The van der Waals surface area contributed by atoms with Gasteiger partial charge in [0, 0.05) is 61.9 Å². The number of nitrogen functional groups attached to an aromatic ring is 1. The molecule has 0 atom stereocenters. The molecule has 0 bridgehead atoms. The van der Waals surface area contributed by atoms with Crippen molar-refractivity contribution in [1.82, 2.24) is 14.9 Å². The normalized spacial score (nSPS) is 15.9. The first-order valence-corrected chi connectivity index (χ1v) is 13.0. The number of carbonyl (C=O) groups excluding carboxylic acids is 2. The third kappa shape index (κ3) is 5.35. The van der Waals surface area contributed by atoms with Crippen LogP contribution < -0.4 is 25.8 Å². The Bertz CT molecular complexity index is 1410. The number of nitrogens with two attached hydrogens (primary N) is 1. The van der Waals surface area contributed by atoms with Crippen LogP contribution in [0.1, 0.15) is 34.0 Å². The molecule has 0 saturated carbocycles. The molecule has 2 aliphatic heterocycles. The fourth-order valence-electron chi connectivity index (χ4n) is 5.08. The molecule has 0 spiro atoms. The molecule has 5 rings (SSSR count). The highest BCUT2D eigenvalue weighted by molar-refractivity contribution is 6.07. The molecule has 2 aliphatic rings. The summed E-state index contributed by atoms with van der Waals surface area (Å²) < 4.78 is 13.7. The number of nitrogens with one attached hydrogen (secondary N) is 1. The van der Waals surface area contributed by atoms with E-state index in [0.717, 1.165) is 49.5 Å². The van der Waals surface area contributed by atoms with Crippen molar-refractivity contribution in [2.45, 2.75) is 27.1 Å². The van der Waals surface area contributed by atoms with Gasteiger partial charge in [-0.25, -0.2) is 14.2 Å². The van der Waals surface area contributed by atoms with Gasteiger partial charge >= 0.3 is 6.03 Å². The van der Waals surface area contributed by atoms with Crippen molar-refractivity contribution in [2.24, 2.45) is 0 Å². The highest BCUT2D eigenvalue weighted by Crippen LogP contribution is 2.33. The molecule has 3 aromatic rings. The number of rotatable bonds is 6. The van der Waals surface area contributed by atoms with Crippen LogP contribution in [0.2, 0.25) is 0 Å². The lowest BCUT2D eigenvalue weighted by Gasteiger charge is -2.35. The smallest absolute Gasteiger partial charge is 0.330 e. The van der Waals surface area contributed by atoms with Gasteiger partial charge in [0.2, 0.25) is 5.95 Å². The minimum atomic E-state index is -0.654. The van der Waals surface area contributed by atoms with Crippen LogP contribution in [-0.2, 0) is 13.2 Å². The summed E-state index contributed by atoms with van der Waals surface area (Å²) in [5, 5.41) is 2.93. The quantitative estimate of drug-likeness (QED) is 0.497. The van der Waals surface area contributed by atoms with Gasteiger partial charge in [0.25, 0.3) is 5.91 Å². The van der Waals surface area contributed by atoms with E-state index in [2.05, 4.69) is 32.0 Å². The van der Waals surface area contributed by atoms with Crippen molar-refractivity contribution in [3.63, 3.8) is 0 Å². The Morgan fingerprint density at radius 3 is 2.62 bits per heavy atom. The summed E-state index contributed by atoms with van der Waals surface area (Å²) in [4.78, 5) is 42.4. The van der Waals surface area contributed by atoms with Crippen LogP contribution in [-0.4, -0.2) is 66.6 Å². The van der Waals surface area contributed by atoms with Gasteiger partial charge in [0.1, 0.15) is 12.5 Å². The van der Waals surface area contributed by atoms with Crippen molar-refractivity contribution in [3.05, 3.63) is 64.8 Å². The number of nitrogens with zero attached hydrogens (tertiary/aromatic N) is 6. The third-order valence-electron chi connectivity index (χ3n) is 7.36. The predicted molar refractivity (Wildman–Crippen MR) is 151 cm³/mol. The second-order valence-corrected chi connectivity index (χ2v) is 9.90. The second-order valence-electron chi connectivity index (χ2n) is 9.90. The Balaban J connectivity index is 1.38. The maximum absolute atomic E-state index is 13.7. The third-order valence-corrected chi connectivity index (χ3v) is 7.36. The van der Waals surface area contributed by atoms with E-state index in [1.54, 1.807) is 36.3 Å². The van der Waals surface area contributed by atoms with E-state index in [1.165, 1.54) is 4.90 Å². The van der Waals surface area contributed by atoms with Crippen LogP contribution in [0.3, 0.4) is 0 Å². The molecule has 1 saturated heterocycles. The molecule has 2 aromatic carbocycles. The first kappa shape index (κ1) is 26.4. The van der Waals surface area contributed by atoms with E-state index in [1.807, 2.05) is 25.1 Å². The van der Waals surface area contributed by atoms with Gasteiger partial charge in [0.05, 0.1) is 12.2 Å². The van der Waals surface area contributed by atoms with E-state index in [9.17, 15) is 14.0 Å². The van der Waals surface area contributed by atoms with Crippen LogP contribution in [0.5, 0.6) is 0 Å². The van der Waals surface area contributed by atoms with E-state index in [0.29, 0.717) is 28.3 Å². The summed E-state index contributed by atoms with van der Waals surface area (Å²) in [6, 6.07) is 10.4. The zero-order valence-corrected chi connectivity index (χ0v) is 22.4. The highest BCUT2D eigenvalue weighted by Gasteiger charge is 2.31. The van der Waals surface area contributed by atoms with Crippen molar-refractivity contribution >= 4 is 40.8 Å². The molecule has 39 heavy (non-hydrogen) atoms. The topological polar surface area (TPSA) is 111 Å². The van der Waals surface area contributed by atoms with Crippen LogP contribution in [0.25, 0.3) is 0 Å². The summed E-state index contributed by atoms with van der Waals surface area (Å²) in [6.45, 7) is 8.16. The maximum Gasteiger partial charge on any atom is 0.330 e. The number of aryl methyl sites for hydroxylation is 1. The largest absolute Gasteiger partial charge is 0.369 e. The lowest BCUT2D eigenvalue weighted by atomic mass is 10.1. The molecule has 1 aromatic heterocycles. The minimum absolute atomic E-state index is 0.103. The summed E-state index contributed by atoms with van der Waals surface area (Å²) >= 11 is 0. The number of alkyl halides is 1. The first-order valence-electron chi connectivity index (χ1n) is 13.0. The van der Waals surface area contributed by atoms with E-state index in [-0.39, 0.29) is 24.4 Å². The molecule has 10 nitrogen and oxygen atoms in total. The zero-order valence-electron chi connectivity index (χ0n) is 22.4.